The molecule has 0 aromatic heterocycles. The fourth-order valence-electron chi connectivity index (χ4n) is 4.02. The average molecular weight is 417 g/mol. The maximum absolute atomic E-state index is 11.6. The van der Waals surface area contributed by atoms with Crippen LogP contribution >= 0.6 is 0 Å². The SMILES string of the molecule is CCCCCCCCCCCCCCCCOc1ccc(N2CC(C)C(=O)N2)cc1. The van der Waals surface area contributed by atoms with Gasteiger partial charge in [-0.3, -0.25) is 15.2 Å². The molecule has 0 spiro atoms. The van der Waals surface area contributed by atoms with Crippen LogP contribution in [0.3, 0.4) is 0 Å². The zero-order valence-corrected chi connectivity index (χ0v) is 19.5. The van der Waals surface area contributed by atoms with Crippen molar-refractivity contribution in [1.82, 2.24) is 5.43 Å². The number of carbonyl (C=O) groups excluding carboxylic acids is 1. The lowest BCUT2D eigenvalue weighted by atomic mass is 10.0. The van der Waals surface area contributed by atoms with E-state index in [1.807, 2.05) is 36.2 Å². The lowest BCUT2D eigenvalue weighted by Crippen LogP contribution is -2.32. The smallest absolute Gasteiger partial charge is 0.243 e. The summed E-state index contributed by atoms with van der Waals surface area (Å²) in [5.41, 5.74) is 3.90. The van der Waals surface area contributed by atoms with Crippen LogP contribution in [-0.2, 0) is 4.79 Å². The minimum atomic E-state index is 0.0428. The number of nitrogens with zero attached hydrogens (tertiary/aromatic N) is 1. The van der Waals surface area contributed by atoms with E-state index >= 15 is 0 Å². The highest BCUT2D eigenvalue weighted by Crippen LogP contribution is 2.22. The summed E-state index contributed by atoms with van der Waals surface area (Å²) in [6.45, 7) is 5.74. The molecule has 0 saturated carbocycles. The third kappa shape index (κ3) is 9.86. The number of rotatable bonds is 17. The minimum absolute atomic E-state index is 0.0428. The molecule has 1 unspecified atom stereocenters. The molecular formula is C26H44N2O2. The number of ether oxygens (including phenoxy) is 1. The predicted molar refractivity (Wildman–Crippen MR) is 127 cm³/mol. The Morgan fingerprint density at radius 3 is 1.80 bits per heavy atom. The summed E-state index contributed by atoms with van der Waals surface area (Å²) in [6, 6.07) is 8.01. The Bertz CT molecular complexity index is 573. The first-order valence-electron chi connectivity index (χ1n) is 12.5. The Morgan fingerprint density at radius 2 is 1.33 bits per heavy atom. The normalized spacial score (nSPS) is 16.1. The maximum atomic E-state index is 11.6. The topological polar surface area (TPSA) is 41.6 Å². The highest BCUT2D eigenvalue weighted by Gasteiger charge is 2.26. The van der Waals surface area contributed by atoms with E-state index in [9.17, 15) is 4.79 Å². The van der Waals surface area contributed by atoms with Crippen LogP contribution in [0.1, 0.15) is 104 Å². The lowest BCUT2D eigenvalue weighted by molar-refractivity contribution is -0.121. The Hall–Kier alpha value is -1.71. The second kappa shape index (κ2) is 15.1. The molecule has 1 atom stereocenters. The van der Waals surface area contributed by atoms with Crippen molar-refractivity contribution in [3.8, 4) is 5.75 Å². The molecule has 170 valence electrons. The molecule has 1 aliphatic rings. The number of amides is 1. The Balaban J connectivity index is 1.39. The summed E-state index contributed by atoms with van der Waals surface area (Å²) < 4.78 is 5.87. The van der Waals surface area contributed by atoms with Gasteiger partial charge in [0.2, 0.25) is 5.91 Å². The van der Waals surface area contributed by atoms with Crippen LogP contribution in [0.25, 0.3) is 0 Å². The van der Waals surface area contributed by atoms with Gasteiger partial charge in [-0.25, -0.2) is 0 Å². The van der Waals surface area contributed by atoms with E-state index in [2.05, 4.69) is 12.3 Å². The molecule has 1 saturated heterocycles. The van der Waals surface area contributed by atoms with E-state index in [0.717, 1.165) is 31.0 Å². The zero-order chi connectivity index (χ0) is 21.4. The number of hydrogen-bond acceptors (Lipinski definition) is 3. The van der Waals surface area contributed by atoms with E-state index < -0.39 is 0 Å². The van der Waals surface area contributed by atoms with E-state index in [1.54, 1.807) is 0 Å². The Kier molecular flexibility index (Phi) is 12.4. The van der Waals surface area contributed by atoms with Gasteiger partial charge in [0.25, 0.3) is 0 Å². The van der Waals surface area contributed by atoms with Gasteiger partial charge < -0.3 is 4.74 Å². The van der Waals surface area contributed by atoms with E-state index in [4.69, 9.17) is 4.74 Å². The largest absolute Gasteiger partial charge is 0.494 e. The number of hydrazine groups is 1. The number of benzene rings is 1. The monoisotopic (exact) mass is 416 g/mol. The molecule has 4 nitrogen and oxygen atoms in total. The molecule has 1 aromatic carbocycles. The highest BCUT2D eigenvalue weighted by atomic mass is 16.5. The van der Waals surface area contributed by atoms with Crippen molar-refractivity contribution in [2.24, 2.45) is 5.92 Å². The van der Waals surface area contributed by atoms with Crippen molar-refractivity contribution in [2.45, 2.75) is 104 Å². The number of hydrogen-bond donors (Lipinski definition) is 1. The molecule has 0 aliphatic carbocycles. The first kappa shape index (κ1) is 24.6. The summed E-state index contributed by atoms with van der Waals surface area (Å²) in [5, 5.41) is 1.91. The van der Waals surface area contributed by atoms with E-state index in [-0.39, 0.29) is 11.8 Å². The van der Waals surface area contributed by atoms with Gasteiger partial charge >= 0.3 is 0 Å². The molecule has 1 aromatic rings. The van der Waals surface area contributed by atoms with Crippen LogP contribution in [0.15, 0.2) is 24.3 Å². The summed E-state index contributed by atoms with van der Waals surface area (Å²) in [4.78, 5) is 11.6. The summed E-state index contributed by atoms with van der Waals surface area (Å²) >= 11 is 0. The van der Waals surface area contributed by atoms with Crippen molar-refractivity contribution in [2.75, 3.05) is 18.2 Å². The van der Waals surface area contributed by atoms with Crippen molar-refractivity contribution in [1.29, 1.82) is 0 Å². The summed E-state index contributed by atoms with van der Waals surface area (Å²) in [6.07, 6.45) is 19.2. The van der Waals surface area contributed by atoms with Crippen LogP contribution in [-0.4, -0.2) is 19.1 Å². The number of carbonyl (C=O) groups is 1. The fraction of sp³-hybridized carbons (Fsp3) is 0.731. The second-order valence-corrected chi connectivity index (χ2v) is 8.93. The molecule has 1 N–H and O–H groups in total. The van der Waals surface area contributed by atoms with Gasteiger partial charge in [0.05, 0.1) is 24.8 Å². The van der Waals surface area contributed by atoms with E-state index in [1.165, 1.54) is 83.5 Å². The Morgan fingerprint density at radius 1 is 0.833 bits per heavy atom. The number of anilines is 1. The molecule has 2 rings (SSSR count). The summed E-state index contributed by atoms with van der Waals surface area (Å²) in [5.74, 6) is 1.04. The molecule has 1 amide bonds. The molecule has 1 aliphatic heterocycles. The van der Waals surface area contributed by atoms with Crippen LogP contribution < -0.4 is 15.2 Å². The fourth-order valence-corrected chi connectivity index (χ4v) is 4.02. The van der Waals surface area contributed by atoms with Crippen LogP contribution in [0.4, 0.5) is 5.69 Å². The molecule has 0 radical (unpaired) electrons. The van der Waals surface area contributed by atoms with Gasteiger partial charge in [-0.15, -0.1) is 0 Å². The standard InChI is InChI=1S/C26H44N2O2/c1-3-4-5-6-7-8-9-10-11-12-13-14-15-16-21-30-25-19-17-24(18-20-25)28-22-23(2)26(29)27-28/h17-20,23H,3-16,21-22H2,1-2H3,(H,27,29). The van der Waals surface area contributed by atoms with Crippen molar-refractivity contribution >= 4 is 11.6 Å². The van der Waals surface area contributed by atoms with Gasteiger partial charge in [0.1, 0.15) is 5.75 Å². The van der Waals surface area contributed by atoms with Gasteiger partial charge in [-0.1, -0.05) is 97.3 Å². The lowest BCUT2D eigenvalue weighted by Gasteiger charge is -2.17. The number of nitrogens with one attached hydrogen (secondary N) is 1. The maximum Gasteiger partial charge on any atom is 0.243 e. The van der Waals surface area contributed by atoms with Gasteiger partial charge in [0.15, 0.2) is 0 Å². The quantitative estimate of drug-likeness (QED) is 0.277. The van der Waals surface area contributed by atoms with Gasteiger partial charge in [-0.05, 0) is 30.7 Å². The molecule has 30 heavy (non-hydrogen) atoms. The first-order valence-corrected chi connectivity index (χ1v) is 12.5. The molecule has 1 fully saturated rings. The molecular weight excluding hydrogens is 372 g/mol. The third-order valence-electron chi connectivity index (χ3n) is 6.06. The molecule has 4 heteroatoms. The zero-order valence-electron chi connectivity index (χ0n) is 19.5. The van der Waals surface area contributed by atoms with Crippen molar-refractivity contribution in [3.63, 3.8) is 0 Å². The van der Waals surface area contributed by atoms with Gasteiger partial charge in [-0.2, -0.15) is 0 Å². The average Bonchev–Trinajstić information content (AvgIpc) is 3.09. The van der Waals surface area contributed by atoms with Gasteiger partial charge in [0, 0.05) is 0 Å². The second-order valence-electron chi connectivity index (χ2n) is 8.93. The molecule has 1 heterocycles. The number of unbranched alkanes of at least 4 members (excludes halogenated alkanes) is 13. The highest BCUT2D eigenvalue weighted by molar-refractivity contribution is 5.83. The van der Waals surface area contributed by atoms with Crippen molar-refractivity contribution in [3.05, 3.63) is 24.3 Å². The minimum Gasteiger partial charge on any atom is -0.494 e. The third-order valence-corrected chi connectivity index (χ3v) is 6.06. The predicted octanol–water partition coefficient (Wildman–Crippen LogP) is 7.03. The first-order chi connectivity index (χ1) is 14.7. The van der Waals surface area contributed by atoms with Crippen LogP contribution in [0, 0.1) is 5.92 Å². The van der Waals surface area contributed by atoms with Crippen LogP contribution in [0.2, 0.25) is 0 Å². The van der Waals surface area contributed by atoms with Crippen molar-refractivity contribution < 1.29 is 9.53 Å². The Labute approximate surface area is 184 Å². The van der Waals surface area contributed by atoms with Crippen LogP contribution in [0.5, 0.6) is 5.75 Å². The molecule has 0 bridgehead atoms. The summed E-state index contributed by atoms with van der Waals surface area (Å²) in [7, 11) is 0. The van der Waals surface area contributed by atoms with E-state index in [0.29, 0.717) is 0 Å².